The number of phenolic OH excluding ortho intramolecular Hbond substituents is 1. The lowest BCUT2D eigenvalue weighted by atomic mass is 9.52. The lowest BCUT2D eigenvalue weighted by Crippen LogP contribution is -2.74. The number of phenols is 1. The monoisotopic (exact) mass is 688 g/mol. The molecule has 0 unspecified atom stereocenters. The quantitative estimate of drug-likeness (QED) is 0.124. The van der Waals surface area contributed by atoms with Crippen LogP contribution in [0.1, 0.15) is 86.0 Å². The first-order valence-electron chi connectivity index (χ1n) is 17.3. The Hall–Kier alpha value is -4.99. The molecule has 2 fully saturated rings. The fourth-order valence-electron chi connectivity index (χ4n) is 8.62. The predicted molar refractivity (Wildman–Crippen MR) is 188 cm³/mol. The summed E-state index contributed by atoms with van der Waals surface area (Å²) in [4.78, 5) is 43.5. The Balaban J connectivity index is 1.34. The number of aromatic hydroxyl groups is 1. The van der Waals surface area contributed by atoms with Crippen molar-refractivity contribution in [2.24, 2.45) is 5.41 Å². The normalized spacial score (nSPS) is 30.7. The second kappa shape index (κ2) is 10.8. The standard InChI is InChI=1S/C42H40O9/c1-23-33(45)31(27(43)19-17-24-13-9-7-10-14-24)35-30-26(21-38(2,3)49-35)40(6)36(46)32(28(44)20-18-25-15-11-8-12-16-25)37-41(42(40,47)50-34(23)30)29(48-41)22-39(4,5)51-37/h7-20,26,29,45,47H,21-22H2,1-6H3/b19-17+,20-18+/t26-,29+,40-,41+,42-/m0/s1. The average Bonchev–Trinajstić information content (AvgIpc) is 3.82. The van der Waals surface area contributed by atoms with Crippen LogP contribution in [0.15, 0.2) is 84.1 Å². The number of carbonyl (C=O) groups is 3. The molecule has 262 valence electrons. The van der Waals surface area contributed by atoms with Crippen LogP contribution >= 0.6 is 0 Å². The summed E-state index contributed by atoms with van der Waals surface area (Å²) in [6.45, 7) is 10.5. The van der Waals surface area contributed by atoms with Crippen molar-refractivity contribution in [1.82, 2.24) is 0 Å². The number of ether oxygens (including phenoxy) is 4. The van der Waals surface area contributed by atoms with E-state index >= 15 is 4.79 Å². The van der Waals surface area contributed by atoms with Crippen LogP contribution in [0.5, 0.6) is 17.2 Å². The number of hydrogen-bond donors (Lipinski definition) is 2. The minimum absolute atomic E-state index is 0.0499. The molecule has 2 saturated heterocycles. The predicted octanol–water partition coefficient (Wildman–Crippen LogP) is 6.78. The van der Waals surface area contributed by atoms with E-state index in [1.807, 2.05) is 88.4 Å². The molecular weight excluding hydrogens is 648 g/mol. The molecule has 9 nitrogen and oxygen atoms in total. The van der Waals surface area contributed by atoms with Crippen molar-refractivity contribution >= 4 is 29.5 Å². The lowest BCUT2D eigenvalue weighted by molar-refractivity contribution is -0.275. The number of ketones is 3. The zero-order chi connectivity index (χ0) is 36.3. The van der Waals surface area contributed by atoms with Crippen LogP contribution in [0.3, 0.4) is 0 Å². The first kappa shape index (κ1) is 33.2. The van der Waals surface area contributed by atoms with Crippen molar-refractivity contribution < 1.29 is 43.5 Å². The Kier molecular flexibility index (Phi) is 7.00. The summed E-state index contributed by atoms with van der Waals surface area (Å²) >= 11 is 0. The Morgan fingerprint density at radius 3 is 1.96 bits per heavy atom. The number of carbonyl (C=O) groups excluding carboxylic acids is 3. The number of rotatable bonds is 6. The van der Waals surface area contributed by atoms with Gasteiger partial charge in [-0.1, -0.05) is 72.8 Å². The van der Waals surface area contributed by atoms with Crippen LogP contribution in [0.25, 0.3) is 12.2 Å². The van der Waals surface area contributed by atoms with Gasteiger partial charge < -0.3 is 29.2 Å². The fourth-order valence-corrected chi connectivity index (χ4v) is 8.62. The zero-order valence-electron chi connectivity index (χ0n) is 29.4. The van der Waals surface area contributed by atoms with E-state index in [2.05, 4.69) is 0 Å². The van der Waals surface area contributed by atoms with Gasteiger partial charge in [-0.05, 0) is 71.2 Å². The number of fused-ring (bicyclic) bond motifs is 2. The highest BCUT2D eigenvalue weighted by molar-refractivity contribution is 6.28. The topological polar surface area (TPSA) is 132 Å². The first-order valence-corrected chi connectivity index (χ1v) is 17.3. The van der Waals surface area contributed by atoms with Gasteiger partial charge in [0.1, 0.15) is 51.1 Å². The molecule has 0 radical (unpaired) electrons. The number of Topliss-reactive ketones (excluding diaryl/α,β-unsaturated/α-hetero) is 1. The summed E-state index contributed by atoms with van der Waals surface area (Å²) < 4.78 is 26.0. The second-order valence-electron chi connectivity index (χ2n) is 15.6. The van der Waals surface area contributed by atoms with Crippen LogP contribution in [0.2, 0.25) is 0 Å². The van der Waals surface area contributed by atoms with E-state index in [4.69, 9.17) is 18.9 Å². The number of benzene rings is 3. The van der Waals surface area contributed by atoms with E-state index < -0.39 is 57.4 Å². The molecule has 5 aliphatic rings. The molecule has 4 aliphatic heterocycles. The minimum Gasteiger partial charge on any atom is -0.507 e. The van der Waals surface area contributed by atoms with E-state index in [1.165, 1.54) is 12.2 Å². The third-order valence-corrected chi connectivity index (χ3v) is 11.2. The van der Waals surface area contributed by atoms with Gasteiger partial charge in [0.2, 0.25) is 5.60 Å². The molecule has 3 aromatic rings. The highest BCUT2D eigenvalue weighted by Crippen LogP contribution is 2.73. The Morgan fingerprint density at radius 2 is 1.35 bits per heavy atom. The van der Waals surface area contributed by atoms with Crippen LogP contribution in [-0.4, -0.2) is 56.3 Å². The summed E-state index contributed by atoms with van der Waals surface area (Å²) in [5.74, 6) is -5.19. The molecule has 9 heteroatoms. The molecule has 2 N–H and O–H groups in total. The van der Waals surface area contributed by atoms with Crippen molar-refractivity contribution in [1.29, 1.82) is 0 Å². The number of hydrogen-bond acceptors (Lipinski definition) is 9. The summed E-state index contributed by atoms with van der Waals surface area (Å²) in [7, 11) is 0. The van der Waals surface area contributed by atoms with Gasteiger partial charge in [-0.2, -0.15) is 0 Å². The third kappa shape index (κ3) is 4.57. The lowest BCUT2D eigenvalue weighted by Gasteiger charge is -2.59. The molecule has 5 atom stereocenters. The Labute approximate surface area is 296 Å². The maximum absolute atomic E-state index is 15.3. The maximum Gasteiger partial charge on any atom is 0.260 e. The summed E-state index contributed by atoms with van der Waals surface area (Å²) in [5, 5.41) is 24.8. The molecule has 0 amide bonds. The van der Waals surface area contributed by atoms with Gasteiger partial charge >= 0.3 is 0 Å². The van der Waals surface area contributed by atoms with E-state index in [0.717, 1.165) is 11.1 Å². The van der Waals surface area contributed by atoms with Crippen molar-refractivity contribution in [2.45, 2.75) is 89.0 Å². The van der Waals surface area contributed by atoms with E-state index in [-0.39, 0.29) is 46.1 Å². The van der Waals surface area contributed by atoms with Crippen molar-refractivity contribution in [2.75, 3.05) is 0 Å². The van der Waals surface area contributed by atoms with Crippen molar-refractivity contribution in [3.05, 3.63) is 112 Å². The van der Waals surface area contributed by atoms with Gasteiger partial charge in [0.25, 0.3) is 5.79 Å². The molecule has 0 aromatic heterocycles. The highest BCUT2D eigenvalue weighted by Gasteiger charge is 2.88. The Morgan fingerprint density at radius 1 is 0.784 bits per heavy atom. The van der Waals surface area contributed by atoms with Crippen molar-refractivity contribution in [3.8, 4) is 17.2 Å². The number of aliphatic hydroxyl groups is 1. The molecule has 0 bridgehead atoms. The van der Waals surface area contributed by atoms with E-state index in [0.29, 0.717) is 12.0 Å². The maximum atomic E-state index is 15.3. The van der Waals surface area contributed by atoms with Crippen molar-refractivity contribution in [3.63, 3.8) is 0 Å². The third-order valence-electron chi connectivity index (χ3n) is 11.2. The molecule has 8 rings (SSSR count). The summed E-state index contributed by atoms with van der Waals surface area (Å²) in [6.07, 6.45) is 5.92. The molecule has 51 heavy (non-hydrogen) atoms. The number of epoxide rings is 1. The average molecular weight is 689 g/mol. The van der Waals surface area contributed by atoms with Gasteiger partial charge in [-0.25, -0.2) is 0 Å². The number of allylic oxidation sites excluding steroid dienone is 3. The van der Waals surface area contributed by atoms with Crippen LogP contribution < -0.4 is 9.47 Å². The SMILES string of the molecule is Cc1c(O)c(C(=O)/C=C/c2ccccc2)c2c3c1O[C@@]1(O)[C@](C)(C(=O)C(C(=O)/C=C/c4ccccc4)=C4OC(C)(C)C[C@H]5O[C@@]451)[C@H]3CC(C)(C)O2. The second-order valence-corrected chi connectivity index (χ2v) is 15.6. The van der Waals surface area contributed by atoms with Gasteiger partial charge in [0, 0.05) is 23.5 Å². The van der Waals surface area contributed by atoms with Crippen LogP contribution in [0, 0.1) is 12.3 Å². The summed E-state index contributed by atoms with van der Waals surface area (Å²) in [5.41, 5.74) is -3.47. The van der Waals surface area contributed by atoms with Crippen LogP contribution in [0.4, 0.5) is 0 Å². The van der Waals surface area contributed by atoms with Crippen LogP contribution in [-0.2, 0) is 19.1 Å². The Bertz CT molecular complexity index is 2130. The molecule has 3 aromatic carbocycles. The van der Waals surface area contributed by atoms with Gasteiger partial charge in [-0.3, -0.25) is 14.4 Å². The largest absolute Gasteiger partial charge is 0.507 e. The fraction of sp³-hybridized carbons (Fsp3) is 0.357. The molecule has 4 heterocycles. The molecular formula is C42H40O9. The van der Waals surface area contributed by atoms with E-state index in [9.17, 15) is 19.8 Å². The highest BCUT2D eigenvalue weighted by atomic mass is 16.7. The molecule has 1 spiro atoms. The van der Waals surface area contributed by atoms with E-state index in [1.54, 1.807) is 26.0 Å². The van der Waals surface area contributed by atoms with Gasteiger partial charge in [0.15, 0.2) is 23.1 Å². The zero-order valence-corrected chi connectivity index (χ0v) is 29.4. The smallest absolute Gasteiger partial charge is 0.260 e. The minimum atomic E-state index is -2.36. The van der Waals surface area contributed by atoms with Gasteiger partial charge in [-0.15, -0.1) is 0 Å². The molecule has 0 saturated carbocycles. The van der Waals surface area contributed by atoms with Gasteiger partial charge in [0.05, 0.1) is 0 Å². The first-order chi connectivity index (χ1) is 24.0. The summed E-state index contributed by atoms with van der Waals surface area (Å²) in [6, 6.07) is 18.5. The molecule has 1 aliphatic carbocycles.